The molecule has 9 heteroatoms. The van der Waals surface area contributed by atoms with Crippen LogP contribution in [-0.2, 0) is 4.79 Å². The number of carbonyl (C=O) groups is 1. The highest BCUT2D eigenvalue weighted by Gasteiger charge is 2.47. The third-order valence-corrected chi connectivity index (χ3v) is 9.55. The molecule has 38 heavy (non-hydrogen) atoms. The van der Waals surface area contributed by atoms with E-state index in [1.54, 1.807) is 0 Å². The zero-order chi connectivity index (χ0) is 27.1. The molecule has 1 aromatic heterocycles. The molecule has 3 heterocycles. The predicted octanol–water partition coefficient (Wildman–Crippen LogP) is 6.31. The van der Waals surface area contributed by atoms with Crippen LogP contribution in [0.4, 0.5) is 8.78 Å². The van der Waals surface area contributed by atoms with Gasteiger partial charge in [-0.25, -0.2) is 8.78 Å². The van der Waals surface area contributed by atoms with Crippen LogP contribution in [0.3, 0.4) is 0 Å². The van der Waals surface area contributed by atoms with Crippen LogP contribution in [0.25, 0.3) is 0 Å². The molecule has 1 amide bonds. The minimum Gasteiger partial charge on any atom is -0.348 e. The van der Waals surface area contributed by atoms with Crippen molar-refractivity contribution >= 4 is 17.5 Å². The molecule has 2 unspecified atom stereocenters. The van der Waals surface area contributed by atoms with Gasteiger partial charge in [0.05, 0.1) is 6.04 Å². The zero-order valence-electron chi connectivity index (χ0n) is 22.7. The Balaban J connectivity index is 1.26. The summed E-state index contributed by atoms with van der Waals surface area (Å²) in [7, 11) is 0. The lowest BCUT2D eigenvalue weighted by atomic mass is 9.85. The molecule has 2 bridgehead atoms. The number of aryl methyl sites for hydroxylation is 1. The number of rotatable bonds is 8. The van der Waals surface area contributed by atoms with Gasteiger partial charge in [0.15, 0.2) is 0 Å². The van der Waals surface area contributed by atoms with Crippen molar-refractivity contribution in [2.24, 2.45) is 0 Å². The lowest BCUT2D eigenvalue weighted by Gasteiger charge is -2.41. The Hall–Kier alpha value is -2.06. The molecule has 5 rings (SSSR count). The first-order valence-corrected chi connectivity index (χ1v) is 14.5. The predicted molar refractivity (Wildman–Crippen MR) is 145 cm³/mol. The summed E-state index contributed by atoms with van der Waals surface area (Å²) in [6, 6.07) is 11.1. The van der Waals surface area contributed by atoms with E-state index in [1.165, 1.54) is 12.8 Å². The normalized spacial score (nSPS) is 27.4. The molecular formula is C29H40ClF2N5O. The number of carbonyl (C=O) groups excluding carboxylic acids is 1. The van der Waals surface area contributed by atoms with E-state index < -0.39 is 10.8 Å². The molecule has 1 N–H and O–H groups in total. The number of hydrogen-bond acceptors (Lipinski definition) is 4. The maximum atomic E-state index is 13.7. The summed E-state index contributed by atoms with van der Waals surface area (Å²) in [5.74, 6) is -0.654. The Morgan fingerprint density at radius 1 is 1.05 bits per heavy atom. The summed E-state index contributed by atoms with van der Waals surface area (Å²) in [6.07, 6.45) is 4.57. The standard InChI is InChI=1S/C29H40ClF2N5O/c1-19(2)26-35-34-20(3)37(26)24-17-22-9-10-23(18-24)36(22)16-11-25(21-7-5-4-6-8-21)33-27(38)28(30)12-14-29(31,32)15-13-28/h4-8,19,22-25H,9-18H2,1-3H3,(H,33,38)/t22?,23?,24?,25-/m0/s1. The number of halogens is 3. The summed E-state index contributed by atoms with van der Waals surface area (Å²) in [6.45, 7) is 7.27. The van der Waals surface area contributed by atoms with Crippen LogP contribution in [0.15, 0.2) is 30.3 Å². The van der Waals surface area contributed by atoms with Crippen LogP contribution in [0, 0.1) is 6.92 Å². The number of hydrogen-bond donors (Lipinski definition) is 1. The van der Waals surface area contributed by atoms with Crippen LogP contribution in [-0.4, -0.2) is 55.0 Å². The number of fused-ring (bicyclic) bond motifs is 2. The fourth-order valence-electron chi connectivity index (χ4n) is 6.86. The van der Waals surface area contributed by atoms with Crippen LogP contribution in [0.5, 0.6) is 0 Å². The zero-order valence-corrected chi connectivity index (χ0v) is 23.4. The summed E-state index contributed by atoms with van der Waals surface area (Å²) in [5.41, 5.74) is 1.02. The Morgan fingerprint density at radius 3 is 2.29 bits per heavy atom. The number of nitrogens with one attached hydrogen (secondary N) is 1. The van der Waals surface area contributed by atoms with Gasteiger partial charge in [0, 0.05) is 43.4 Å². The highest BCUT2D eigenvalue weighted by molar-refractivity contribution is 6.35. The van der Waals surface area contributed by atoms with Gasteiger partial charge in [0.1, 0.15) is 16.5 Å². The van der Waals surface area contributed by atoms with E-state index in [4.69, 9.17) is 11.6 Å². The second-order valence-corrected chi connectivity index (χ2v) is 12.6. The van der Waals surface area contributed by atoms with E-state index >= 15 is 0 Å². The molecule has 1 aliphatic carbocycles. The van der Waals surface area contributed by atoms with E-state index in [1.807, 2.05) is 30.3 Å². The number of benzene rings is 1. The van der Waals surface area contributed by atoms with E-state index in [9.17, 15) is 13.6 Å². The number of aromatic nitrogens is 3. The van der Waals surface area contributed by atoms with Crippen molar-refractivity contribution in [2.45, 2.75) is 119 Å². The molecule has 1 aromatic carbocycles. The molecule has 2 saturated heterocycles. The summed E-state index contributed by atoms with van der Waals surface area (Å²) in [5, 5.41) is 12.0. The van der Waals surface area contributed by atoms with Gasteiger partial charge in [-0.1, -0.05) is 44.2 Å². The third-order valence-electron chi connectivity index (χ3n) is 9.00. The lowest BCUT2D eigenvalue weighted by molar-refractivity contribution is -0.128. The van der Waals surface area contributed by atoms with Crippen molar-refractivity contribution in [3.8, 4) is 0 Å². The molecule has 3 atom stereocenters. The third kappa shape index (κ3) is 5.62. The first-order valence-electron chi connectivity index (χ1n) is 14.2. The number of nitrogens with zero attached hydrogens (tertiary/aromatic N) is 4. The van der Waals surface area contributed by atoms with Gasteiger partial charge >= 0.3 is 0 Å². The maximum Gasteiger partial charge on any atom is 0.248 e. The van der Waals surface area contributed by atoms with Crippen molar-refractivity contribution in [1.82, 2.24) is 25.0 Å². The van der Waals surface area contributed by atoms with Gasteiger partial charge in [0.25, 0.3) is 0 Å². The smallest absolute Gasteiger partial charge is 0.248 e. The Labute approximate surface area is 229 Å². The molecule has 0 spiro atoms. The lowest BCUT2D eigenvalue weighted by Crippen LogP contribution is -2.49. The largest absolute Gasteiger partial charge is 0.348 e. The molecule has 2 aromatic rings. The van der Waals surface area contributed by atoms with Crippen LogP contribution in [0.1, 0.15) is 107 Å². The van der Waals surface area contributed by atoms with Gasteiger partial charge in [-0.2, -0.15) is 0 Å². The Bertz CT molecular complexity index is 1100. The fourth-order valence-corrected chi connectivity index (χ4v) is 7.11. The second kappa shape index (κ2) is 10.8. The van der Waals surface area contributed by atoms with Crippen LogP contribution < -0.4 is 5.32 Å². The van der Waals surface area contributed by atoms with E-state index in [2.05, 4.69) is 45.8 Å². The number of alkyl halides is 3. The minimum atomic E-state index is -2.73. The van der Waals surface area contributed by atoms with E-state index in [-0.39, 0.29) is 37.6 Å². The molecular weight excluding hydrogens is 508 g/mol. The van der Waals surface area contributed by atoms with Crippen LogP contribution >= 0.6 is 11.6 Å². The molecule has 3 fully saturated rings. The van der Waals surface area contributed by atoms with Gasteiger partial charge in [-0.15, -0.1) is 21.8 Å². The molecule has 0 radical (unpaired) electrons. The van der Waals surface area contributed by atoms with Crippen LogP contribution in [0.2, 0.25) is 0 Å². The maximum absolute atomic E-state index is 13.7. The summed E-state index contributed by atoms with van der Waals surface area (Å²) in [4.78, 5) is 14.6. The first-order chi connectivity index (χ1) is 18.1. The van der Waals surface area contributed by atoms with Gasteiger partial charge in [0.2, 0.25) is 11.8 Å². The molecule has 6 nitrogen and oxygen atoms in total. The quantitative estimate of drug-likeness (QED) is 0.393. The number of amides is 1. The molecule has 1 saturated carbocycles. The van der Waals surface area contributed by atoms with E-state index in [0.29, 0.717) is 24.0 Å². The Morgan fingerprint density at radius 2 is 1.68 bits per heavy atom. The molecule has 208 valence electrons. The average molecular weight is 548 g/mol. The van der Waals surface area contributed by atoms with Gasteiger partial charge in [-0.3, -0.25) is 9.69 Å². The van der Waals surface area contributed by atoms with Crippen molar-refractivity contribution in [3.63, 3.8) is 0 Å². The minimum absolute atomic E-state index is 0.00650. The van der Waals surface area contributed by atoms with Crippen molar-refractivity contribution in [1.29, 1.82) is 0 Å². The van der Waals surface area contributed by atoms with Crippen molar-refractivity contribution in [2.75, 3.05) is 6.54 Å². The summed E-state index contributed by atoms with van der Waals surface area (Å²) >= 11 is 6.63. The van der Waals surface area contributed by atoms with E-state index in [0.717, 1.165) is 43.0 Å². The van der Waals surface area contributed by atoms with Gasteiger partial charge in [-0.05, 0) is 57.4 Å². The highest BCUT2D eigenvalue weighted by atomic mass is 35.5. The highest BCUT2D eigenvalue weighted by Crippen LogP contribution is 2.44. The fraction of sp³-hybridized carbons (Fsp3) is 0.690. The number of piperidine rings is 1. The monoisotopic (exact) mass is 547 g/mol. The molecule has 2 aliphatic heterocycles. The first kappa shape index (κ1) is 27.5. The SMILES string of the molecule is Cc1nnc(C(C)C)n1C1CC2CCC(C1)N2CC[C@H](NC(=O)C1(Cl)CCC(F)(F)CC1)c1ccccc1. The summed E-state index contributed by atoms with van der Waals surface area (Å²) < 4.78 is 29.9. The van der Waals surface area contributed by atoms with Crippen molar-refractivity contribution < 1.29 is 13.6 Å². The Kier molecular flexibility index (Phi) is 7.84. The van der Waals surface area contributed by atoms with Gasteiger partial charge < -0.3 is 9.88 Å². The van der Waals surface area contributed by atoms with Crippen molar-refractivity contribution in [3.05, 3.63) is 47.5 Å². The topological polar surface area (TPSA) is 63.1 Å². The molecule has 3 aliphatic rings. The second-order valence-electron chi connectivity index (χ2n) is 11.9. The average Bonchev–Trinajstić information content (AvgIpc) is 3.39.